The van der Waals surface area contributed by atoms with E-state index in [2.05, 4.69) is 36.7 Å². The molecule has 1 aromatic heterocycles. The molecule has 13 heavy (non-hydrogen) atoms. The maximum Gasteiger partial charge on any atom is 0.273 e. The lowest BCUT2D eigenvalue weighted by atomic mass is 10.2. The molecule has 0 saturated heterocycles. The predicted octanol–water partition coefficient (Wildman–Crippen LogP) is 0.708. The molecule has 0 aromatic carbocycles. The van der Waals surface area contributed by atoms with Crippen molar-refractivity contribution in [3.05, 3.63) is 11.9 Å². The molecule has 2 N–H and O–H groups in total. The van der Waals surface area contributed by atoms with E-state index in [1.165, 1.54) is 6.20 Å². The summed E-state index contributed by atoms with van der Waals surface area (Å²) in [6.07, 6.45) is 2.29. The summed E-state index contributed by atoms with van der Waals surface area (Å²) in [5.74, 6) is -0.192. The number of halogens is 1. The zero-order valence-electron chi connectivity index (χ0n) is 7.25. The molecule has 1 unspecified atom stereocenters. The lowest BCUT2D eigenvalue weighted by Crippen LogP contribution is -2.33. The van der Waals surface area contributed by atoms with Gasteiger partial charge in [0.05, 0.1) is 6.20 Å². The zero-order chi connectivity index (χ0) is 9.68. The molecule has 6 heteroatoms. The largest absolute Gasteiger partial charge is 0.348 e. The lowest BCUT2D eigenvalue weighted by Gasteiger charge is -2.10. The molecular formula is C7H11BrN4O. The quantitative estimate of drug-likeness (QED) is 0.769. The molecule has 0 fully saturated rings. The van der Waals surface area contributed by atoms with Crippen LogP contribution in [0.3, 0.4) is 0 Å². The van der Waals surface area contributed by atoms with Crippen molar-refractivity contribution in [3.63, 3.8) is 0 Å². The van der Waals surface area contributed by atoms with Crippen molar-refractivity contribution in [2.75, 3.05) is 5.33 Å². The maximum absolute atomic E-state index is 11.3. The summed E-state index contributed by atoms with van der Waals surface area (Å²) in [6.45, 7) is 1.94. The number of carbonyl (C=O) groups is 1. The van der Waals surface area contributed by atoms with Gasteiger partial charge < -0.3 is 5.32 Å². The average Bonchev–Trinajstić information content (AvgIpc) is 2.55. The second kappa shape index (κ2) is 4.96. The highest BCUT2D eigenvalue weighted by Crippen LogP contribution is 1.96. The third-order valence-electron chi connectivity index (χ3n) is 1.57. The first-order valence-electron chi connectivity index (χ1n) is 3.96. The Morgan fingerprint density at radius 2 is 2.62 bits per heavy atom. The number of aromatic nitrogens is 3. The molecule has 0 aliphatic rings. The van der Waals surface area contributed by atoms with E-state index in [-0.39, 0.29) is 11.9 Å². The smallest absolute Gasteiger partial charge is 0.273 e. The van der Waals surface area contributed by atoms with Crippen molar-refractivity contribution in [1.82, 2.24) is 20.7 Å². The van der Waals surface area contributed by atoms with E-state index in [0.29, 0.717) is 5.69 Å². The van der Waals surface area contributed by atoms with Gasteiger partial charge in [0.25, 0.3) is 5.91 Å². The molecule has 1 aromatic rings. The number of hydrogen-bond donors (Lipinski definition) is 2. The monoisotopic (exact) mass is 246 g/mol. The van der Waals surface area contributed by atoms with E-state index in [1.54, 1.807) is 0 Å². The minimum Gasteiger partial charge on any atom is -0.348 e. The van der Waals surface area contributed by atoms with E-state index in [9.17, 15) is 4.79 Å². The van der Waals surface area contributed by atoms with E-state index in [0.717, 1.165) is 11.8 Å². The van der Waals surface area contributed by atoms with E-state index in [1.807, 2.05) is 6.92 Å². The summed E-state index contributed by atoms with van der Waals surface area (Å²) in [4.78, 5) is 11.3. The first-order chi connectivity index (χ1) is 6.24. The molecule has 0 aliphatic carbocycles. The molecule has 0 aliphatic heterocycles. The van der Waals surface area contributed by atoms with E-state index in [4.69, 9.17) is 0 Å². The van der Waals surface area contributed by atoms with Gasteiger partial charge in [0, 0.05) is 11.4 Å². The standard InChI is InChI=1S/C7H11BrN4O/c1-5(2-3-8)10-7(13)6-4-9-12-11-6/h4-5H,2-3H2,1H3,(H,10,13)(H,9,11,12). The van der Waals surface area contributed by atoms with Crippen molar-refractivity contribution in [2.45, 2.75) is 19.4 Å². The maximum atomic E-state index is 11.3. The van der Waals surface area contributed by atoms with Crippen LogP contribution in [0.4, 0.5) is 0 Å². The molecule has 0 radical (unpaired) electrons. The third kappa shape index (κ3) is 3.14. The van der Waals surface area contributed by atoms with Gasteiger partial charge >= 0.3 is 0 Å². The molecule has 72 valence electrons. The van der Waals surface area contributed by atoms with Crippen molar-refractivity contribution >= 4 is 21.8 Å². The molecule has 1 atom stereocenters. The van der Waals surface area contributed by atoms with Crippen LogP contribution in [-0.2, 0) is 0 Å². The second-order valence-electron chi connectivity index (χ2n) is 2.71. The Labute approximate surface area is 84.4 Å². The lowest BCUT2D eigenvalue weighted by molar-refractivity contribution is 0.0934. The number of nitrogens with one attached hydrogen (secondary N) is 2. The number of alkyl halides is 1. The van der Waals surface area contributed by atoms with Crippen molar-refractivity contribution < 1.29 is 4.79 Å². The van der Waals surface area contributed by atoms with Gasteiger partial charge in [-0.3, -0.25) is 4.79 Å². The van der Waals surface area contributed by atoms with Gasteiger partial charge in [-0.15, -0.1) is 0 Å². The highest BCUT2D eigenvalue weighted by atomic mass is 79.9. The fourth-order valence-corrected chi connectivity index (χ4v) is 1.53. The average molecular weight is 247 g/mol. The molecule has 1 heterocycles. The molecular weight excluding hydrogens is 236 g/mol. The highest BCUT2D eigenvalue weighted by Gasteiger charge is 2.10. The Balaban J connectivity index is 2.42. The van der Waals surface area contributed by atoms with Crippen molar-refractivity contribution in [3.8, 4) is 0 Å². The predicted molar refractivity (Wildman–Crippen MR) is 51.7 cm³/mol. The molecule has 1 rings (SSSR count). The summed E-state index contributed by atoms with van der Waals surface area (Å²) < 4.78 is 0. The van der Waals surface area contributed by atoms with Crippen molar-refractivity contribution in [1.29, 1.82) is 0 Å². The van der Waals surface area contributed by atoms with Crippen LogP contribution in [0.2, 0.25) is 0 Å². The van der Waals surface area contributed by atoms with Crippen LogP contribution < -0.4 is 5.32 Å². The number of rotatable bonds is 4. The Kier molecular flexibility index (Phi) is 3.88. The van der Waals surface area contributed by atoms with Gasteiger partial charge in [0.15, 0.2) is 5.69 Å². The molecule has 5 nitrogen and oxygen atoms in total. The topological polar surface area (TPSA) is 70.7 Å². The van der Waals surface area contributed by atoms with Gasteiger partial charge in [-0.25, -0.2) is 0 Å². The van der Waals surface area contributed by atoms with E-state index < -0.39 is 0 Å². The third-order valence-corrected chi connectivity index (χ3v) is 2.03. The Morgan fingerprint density at radius 3 is 3.15 bits per heavy atom. The summed E-state index contributed by atoms with van der Waals surface area (Å²) in [5.41, 5.74) is 0.321. The normalized spacial score (nSPS) is 12.5. The first kappa shape index (κ1) is 10.2. The van der Waals surface area contributed by atoms with Crippen LogP contribution in [0.15, 0.2) is 6.20 Å². The number of hydrogen-bond acceptors (Lipinski definition) is 3. The fraction of sp³-hybridized carbons (Fsp3) is 0.571. The number of carbonyl (C=O) groups excluding carboxylic acids is 1. The summed E-state index contributed by atoms with van der Waals surface area (Å²) in [5, 5.41) is 13.3. The molecule has 1 amide bonds. The van der Waals surface area contributed by atoms with Crippen LogP contribution in [0, 0.1) is 0 Å². The van der Waals surface area contributed by atoms with Gasteiger partial charge in [0.1, 0.15) is 0 Å². The summed E-state index contributed by atoms with van der Waals surface area (Å²) in [7, 11) is 0. The first-order valence-corrected chi connectivity index (χ1v) is 5.08. The van der Waals surface area contributed by atoms with Gasteiger partial charge in [-0.1, -0.05) is 15.9 Å². The van der Waals surface area contributed by atoms with Gasteiger partial charge in [0.2, 0.25) is 0 Å². The SMILES string of the molecule is CC(CCBr)NC(=O)c1cn[nH]n1. The molecule has 0 bridgehead atoms. The zero-order valence-corrected chi connectivity index (χ0v) is 8.84. The minimum absolute atomic E-state index is 0.142. The Bertz CT molecular complexity index is 261. The molecule has 0 saturated carbocycles. The van der Waals surface area contributed by atoms with Crippen LogP contribution in [0.25, 0.3) is 0 Å². The van der Waals surface area contributed by atoms with Gasteiger partial charge in [-0.2, -0.15) is 15.4 Å². The van der Waals surface area contributed by atoms with Crippen LogP contribution in [-0.4, -0.2) is 32.7 Å². The van der Waals surface area contributed by atoms with E-state index >= 15 is 0 Å². The number of nitrogens with zero attached hydrogens (tertiary/aromatic N) is 2. The number of aromatic amines is 1. The molecule has 0 spiro atoms. The minimum atomic E-state index is -0.192. The van der Waals surface area contributed by atoms with Crippen molar-refractivity contribution in [2.24, 2.45) is 0 Å². The number of amides is 1. The van der Waals surface area contributed by atoms with Crippen LogP contribution in [0.5, 0.6) is 0 Å². The Hall–Kier alpha value is -0.910. The summed E-state index contributed by atoms with van der Waals surface area (Å²) in [6, 6.07) is 0.142. The highest BCUT2D eigenvalue weighted by molar-refractivity contribution is 9.09. The van der Waals surface area contributed by atoms with Crippen LogP contribution in [0.1, 0.15) is 23.8 Å². The summed E-state index contributed by atoms with van der Waals surface area (Å²) >= 11 is 3.30. The van der Waals surface area contributed by atoms with Crippen LogP contribution >= 0.6 is 15.9 Å². The Morgan fingerprint density at radius 1 is 1.85 bits per heavy atom. The second-order valence-corrected chi connectivity index (χ2v) is 3.50. The number of H-pyrrole nitrogens is 1. The fourth-order valence-electron chi connectivity index (χ4n) is 0.845. The van der Waals surface area contributed by atoms with Gasteiger partial charge in [-0.05, 0) is 13.3 Å².